The van der Waals surface area contributed by atoms with Crippen molar-refractivity contribution in [3.05, 3.63) is 46.4 Å². The number of rotatable bonds is 2. The van der Waals surface area contributed by atoms with E-state index in [1.807, 2.05) is 13.8 Å². The number of carbonyl (C=O) groups excluding carboxylic acids is 1. The summed E-state index contributed by atoms with van der Waals surface area (Å²) in [6.45, 7) is 3.71. The maximum absolute atomic E-state index is 15.3. The predicted molar refractivity (Wildman–Crippen MR) is 99.6 cm³/mol. The summed E-state index contributed by atoms with van der Waals surface area (Å²) in [7, 11) is 1.74. The van der Waals surface area contributed by atoms with Crippen LogP contribution in [0.5, 0.6) is 0 Å². The van der Waals surface area contributed by atoms with E-state index in [9.17, 15) is 14.3 Å². The molecule has 1 unspecified atom stereocenters. The Kier molecular flexibility index (Phi) is 4.24. The molecule has 1 aromatic carbocycles. The number of anilines is 2. The van der Waals surface area contributed by atoms with E-state index in [0.29, 0.717) is 16.6 Å². The highest BCUT2D eigenvalue weighted by Crippen LogP contribution is 2.42. The second-order valence-corrected chi connectivity index (χ2v) is 7.21. The van der Waals surface area contributed by atoms with Crippen molar-refractivity contribution in [3.8, 4) is 0 Å². The summed E-state index contributed by atoms with van der Waals surface area (Å²) in [5, 5.41) is 12.3. The van der Waals surface area contributed by atoms with Crippen LogP contribution in [-0.2, 0) is 7.05 Å². The molecule has 3 aromatic rings. The highest BCUT2D eigenvalue weighted by Gasteiger charge is 2.37. The van der Waals surface area contributed by atoms with Crippen molar-refractivity contribution in [3.63, 3.8) is 0 Å². The van der Waals surface area contributed by atoms with Crippen LogP contribution in [0.4, 0.5) is 20.3 Å². The van der Waals surface area contributed by atoms with Gasteiger partial charge >= 0.3 is 0 Å². The highest BCUT2D eigenvalue weighted by atomic mass is 35.5. The lowest BCUT2D eigenvalue weighted by molar-refractivity contribution is 0.0766. The van der Waals surface area contributed by atoms with Crippen molar-refractivity contribution >= 4 is 40.0 Å². The Labute approximate surface area is 163 Å². The minimum atomic E-state index is -1.62. The second-order valence-electron chi connectivity index (χ2n) is 6.85. The molecule has 0 fully saturated rings. The van der Waals surface area contributed by atoms with Crippen LogP contribution in [-0.4, -0.2) is 31.9 Å². The van der Waals surface area contributed by atoms with E-state index in [-0.39, 0.29) is 23.0 Å². The summed E-state index contributed by atoms with van der Waals surface area (Å²) in [6, 6.07) is 2.20. The molecule has 2 aromatic heterocycles. The van der Waals surface area contributed by atoms with Crippen LogP contribution < -0.4 is 10.2 Å². The molecule has 0 spiro atoms. The van der Waals surface area contributed by atoms with Crippen LogP contribution in [0.25, 0.3) is 11.0 Å². The lowest BCUT2D eigenvalue weighted by atomic mass is 9.97. The van der Waals surface area contributed by atoms with Gasteiger partial charge in [-0.2, -0.15) is 0 Å². The molecule has 0 saturated carbocycles. The van der Waals surface area contributed by atoms with Crippen molar-refractivity contribution in [2.45, 2.75) is 26.1 Å². The van der Waals surface area contributed by atoms with E-state index in [1.54, 1.807) is 17.9 Å². The van der Waals surface area contributed by atoms with Crippen LogP contribution >= 0.6 is 11.6 Å². The molecule has 4 rings (SSSR count). The SMILES string of the molecule is CC(C)c1c(N2c3nc(Cl)c(F)cc3C(=O)NC2O)c(F)cc2c1ncn2C. The lowest BCUT2D eigenvalue weighted by Crippen LogP contribution is -2.51. The molecule has 1 aliphatic rings. The number of hydrogen-bond acceptors (Lipinski definition) is 5. The number of carbonyl (C=O) groups is 1. The molecule has 1 atom stereocenters. The highest BCUT2D eigenvalue weighted by molar-refractivity contribution is 6.29. The fourth-order valence-corrected chi connectivity index (χ4v) is 3.58. The summed E-state index contributed by atoms with van der Waals surface area (Å²) in [6.07, 6.45) is -0.0609. The molecule has 7 nitrogen and oxygen atoms in total. The predicted octanol–water partition coefficient (Wildman–Crippen LogP) is 3.18. The number of aliphatic hydroxyl groups is 1. The molecule has 28 heavy (non-hydrogen) atoms. The van der Waals surface area contributed by atoms with E-state index in [4.69, 9.17) is 11.6 Å². The van der Waals surface area contributed by atoms with Gasteiger partial charge in [-0.25, -0.2) is 18.7 Å². The number of aliphatic hydroxyl groups excluding tert-OH is 1. The third-order valence-corrected chi connectivity index (χ3v) is 4.96. The van der Waals surface area contributed by atoms with E-state index >= 15 is 4.39 Å². The standard InChI is InChI=1S/C18H16ClF2N5O2/c1-7(2)12-13-11(25(3)6-22-13)5-9(20)14(12)26-16-8(17(27)24-18(26)28)4-10(21)15(19)23-16/h4-7,18,28H,1-3H3,(H,24,27). The average Bonchev–Trinajstić information content (AvgIpc) is 2.97. The summed E-state index contributed by atoms with van der Waals surface area (Å²) in [4.78, 5) is 21.6. The zero-order valence-corrected chi connectivity index (χ0v) is 15.9. The van der Waals surface area contributed by atoms with Crippen LogP contribution in [0.2, 0.25) is 5.15 Å². The number of amides is 1. The van der Waals surface area contributed by atoms with Crippen molar-refractivity contribution in [2.24, 2.45) is 7.05 Å². The maximum Gasteiger partial charge on any atom is 0.258 e. The molecule has 0 radical (unpaired) electrons. The van der Waals surface area contributed by atoms with E-state index in [2.05, 4.69) is 15.3 Å². The molecule has 0 saturated heterocycles. The Morgan fingerprint density at radius 2 is 2.00 bits per heavy atom. The number of benzene rings is 1. The van der Waals surface area contributed by atoms with Gasteiger partial charge in [0.1, 0.15) is 5.82 Å². The largest absolute Gasteiger partial charge is 0.356 e. The summed E-state index contributed by atoms with van der Waals surface area (Å²) < 4.78 is 30.8. The fraction of sp³-hybridized carbons (Fsp3) is 0.278. The first-order valence-electron chi connectivity index (χ1n) is 8.48. The number of halogens is 3. The van der Waals surface area contributed by atoms with Gasteiger partial charge in [-0.15, -0.1) is 0 Å². The van der Waals surface area contributed by atoms with Crippen LogP contribution in [0.1, 0.15) is 35.7 Å². The number of nitrogens with one attached hydrogen (secondary N) is 1. The Balaban J connectivity index is 2.07. The average molecular weight is 408 g/mol. The maximum atomic E-state index is 15.3. The summed E-state index contributed by atoms with van der Waals surface area (Å²) in [5.74, 6) is -2.61. The first-order chi connectivity index (χ1) is 13.2. The molecule has 1 aliphatic heterocycles. The van der Waals surface area contributed by atoms with E-state index in [0.717, 1.165) is 11.0 Å². The second kappa shape index (κ2) is 6.39. The molecule has 0 aliphatic carbocycles. The van der Waals surface area contributed by atoms with Gasteiger partial charge in [0.15, 0.2) is 16.8 Å². The van der Waals surface area contributed by atoms with Gasteiger partial charge in [-0.1, -0.05) is 25.4 Å². The van der Waals surface area contributed by atoms with Crippen LogP contribution in [0.15, 0.2) is 18.5 Å². The zero-order valence-electron chi connectivity index (χ0n) is 15.2. The molecule has 2 N–H and O–H groups in total. The molecule has 10 heteroatoms. The first kappa shape index (κ1) is 18.6. The van der Waals surface area contributed by atoms with Crippen molar-refractivity contribution in [2.75, 3.05) is 4.90 Å². The summed E-state index contributed by atoms with van der Waals surface area (Å²) >= 11 is 5.80. The third kappa shape index (κ3) is 2.61. The number of aromatic nitrogens is 3. The third-order valence-electron chi connectivity index (χ3n) is 4.69. The van der Waals surface area contributed by atoms with Crippen LogP contribution in [0, 0.1) is 11.6 Å². The van der Waals surface area contributed by atoms with Gasteiger partial charge in [0.25, 0.3) is 5.91 Å². The molecular formula is C18H16ClF2N5O2. The first-order valence-corrected chi connectivity index (χ1v) is 8.86. The van der Waals surface area contributed by atoms with Gasteiger partial charge in [0.2, 0.25) is 6.35 Å². The van der Waals surface area contributed by atoms with Gasteiger partial charge in [0, 0.05) is 18.7 Å². The minimum absolute atomic E-state index is 0.00914. The Hall–Kier alpha value is -2.78. The Morgan fingerprint density at radius 3 is 2.68 bits per heavy atom. The lowest BCUT2D eigenvalue weighted by Gasteiger charge is -2.36. The Bertz CT molecular complexity index is 1130. The van der Waals surface area contributed by atoms with Crippen molar-refractivity contribution in [1.29, 1.82) is 0 Å². The van der Waals surface area contributed by atoms with Gasteiger partial charge in [0.05, 0.1) is 28.6 Å². The Morgan fingerprint density at radius 1 is 1.29 bits per heavy atom. The molecule has 3 heterocycles. The molecule has 146 valence electrons. The quantitative estimate of drug-likeness (QED) is 0.637. The molecular weight excluding hydrogens is 392 g/mol. The molecule has 0 bridgehead atoms. The van der Waals surface area contributed by atoms with E-state index in [1.165, 1.54) is 6.07 Å². The van der Waals surface area contributed by atoms with Gasteiger partial charge in [-0.05, 0) is 12.0 Å². The minimum Gasteiger partial charge on any atom is -0.356 e. The zero-order chi connectivity index (χ0) is 20.3. The molecule has 1 amide bonds. The number of pyridine rings is 1. The fourth-order valence-electron chi connectivity index (χ4n) is 3.45. The normalized spacial score (nSPS) is 16.6. The number of aryl methyl sites for hydroxylation is 1. The van der Waals surface area contributed by atoms with Gasteiger partial charge < -0.3 is 15.0 Å². The van der Waals surface area contributed by atoms with Crippen LogP contribution in [0.3, 0.4) is 0 Å². The summed E-state index contributed by atoms with van der Waals surface area (Å²) in [5.41, 5.74) is 1.46. The van der Waals surface area contributed by atoms with Gasteiger partial charge in [-0.3, -0.25) is 9.69 Å². The van der Waals surface area contributed by atoms with Crippen molar-refractivity contribution < 1.29 is 18.7 Å². The number of nitrogens with zero attached hydrogens (tertiary/aromatic N) is 4. The number of fused-ring (bicyclic) bond motifs is 2. The van der Waals surface area contributed by atoms with E-state index < -0.39 is 29.0 Å². The number of imidazole rings is 1. The topological polar surface area (TPSA) is 83.3 Å². The monoisotopic (exact) mass is 407 g/mol. The van der Waals surface area contributed by atoms with Crippen molar-refractivity contribution in [1.82, 2.24) is 19.9 Å². The smallest absolute Gasteiger partial charge is 0.258 e. The number of hydrogen-bond donors (Lipinski definition) is 2.